The van der Waals surface area contributed by atoms with Gasteiger partial charge >= 0.3 is 0 Å². The summed E-state index contributed by atoms with van der Waals surface area (Å²) >= 11 is 0. The van der Waals surface area contributed by atoms with Crippen LogP contribution < -0.4 is 19.7 Å². The Morgan fingerprint density at radius 2 is 2.04 bits per heavy atom. The van der Waals surface area contributed by atoms with Crippen LogP contribution in [0.1, 0.15) is 25.7 Å². The van der Waals surface area contributed by atoms with Crippen molar-refractivity contribution in [1.29, 1.82) is 0 Å². The van der Waals surface area contributed by atoms with Crippen LogP contribution in [0.3, 0.4) is 0 Å². The van der Waals surface area contributed by atoms with Crippen LogP contribution in [0.4, 0.5) is 5.69 Å². The molecule has 1 aromatic carbocycles. The maximum Gasteiger partial charge on any atom is 0.227 e. The molecule has 6 heteroatoms. The van der Waals surface area contributed by atoms with Gasteiger partial charge in [-0.25, -0.2) is 0 Å². The molecule has 2 amide bonds. The quantitative estimate of drug-likeness (QED) is 0.841. The molecule has 1 aromatic rings. The number of anilines is 1. The van der Waals surface area contributed by atoms with Gasteiger partial charge in [-0.3, -0.25) is 9.59 Å². The van der Waals surface area contributed by atoms with E-state index in [0.717, 1.165) is 24.9 Å². The van der Waals surface area contributed by atoms with Crippen LogP contribution in [-0.2, 0) is 9.59 Å². The first-order valence-electron chi connectivity index (χ1n) is 9.33. The van der Waals surface area contributed by atoms with E-state index in [-0.39, 0.29) is 24.2 Å². The van der Waals surface area contributed by atoms with Crippen molar-refractivity contribution in [1.82, 2.24) is 5.32 Å². The normalized spacial score (nSPS) is 24.6. The Morgan fingerprint density at radius 3 is 2.85 bits per heavy atom. The van der Waals surface area contributed by atoms with Crippen molar-refractivity contribution in [2.24, 2.45) is 11.8 Å². The van der Waals surface area contributed by atoms with E-state index in [1.54, 1.807) is 4.90 Å². The molecule has 4 rings (SSSR count). The molecule has 0 saturated carbocycles. The Labute approximate surface area is 153 Å². The molecule has 2 atom stereocenters. The Morgan fingerprint density at radius 1 is 1.19 bits per heavy atom. The smallest absolute Gasteiger partial charge is 0.227 e. The van der Waals surface area contributed by atoms with Crippen molar-refractivity contribution >= 4 is 17.5 Å². The molecule has 1 aliphatic carbocycles. The lowest BCUT2D eigenvalue weighted by atomic mass is 9.94. The number of rotatable bonds is 4. The largest absolute Gasteiger partial charge is 0.486 e. The Kier molecular flexibility index (Phi) is 4.82. The summed E-state index contributed by atoms with van der Waals surface area (Å²) in [4.78, 5) is 26.6. The topological polar surface area (TPSA) is 67.9 Å². The molecule has 1 fully saturated rings. The zero-order valence-electron chi connectivity index (χ0n) is 14.8. The van der Waals surface area contributed by atoms with Crippen molar-refractivity contribution in [3.8, 4) is 11.5 Å². The van der Waals surface area contributed by atoms with Gasteiger partial charge in [0.05, 0.1) is 5.92 Å². The monoisotopic (exact) mass is 356 g/mol. The third kappa shape index (κ3) is 3.54. The fraction of sp³-hybridized carbons (Fsp3) is 0.500. The maximum absolute atomic E-state index is 12.5. The number of hydrogen-bond donors (Lipinski definition) is 1. The number of allylic oxidation sites excluding steroid dienone is 2. The van der Waals surface area contributed by atoms with Gasteiger partial charge in [0.2, 0.25) is 11.8 Å². The molecular weight excluding hydrogens is 332 g/mol. The van der Waals surface area contributed by atoms with Gasteiger partial charge in [-0.1, -0.05) is 12.2 Å². The summed E-state index contributed by atoms with van der Waals surface area (Å²) in [6.45, 7) is 2.15. The van der Waals surface area contributed by atoms with Crippen molar-refractivity contribution < 1.29 is 19.1 Å². The van der Waals surface area contributed by atoms with Crippen LogP contribution in [-0.4, -0.2) is 38.1 Å². The van der Waals surface area contributed by atoms with Crippen LogP contribution in [0.2, 0.25) is 0 Å². The lowest BCUT2D eigenvalue weighted by Crippen LogP contribution is -2.36. The summed E-state index contributed by atoms with van der Waals surface area (Å²) in [5, 5.41) is 3.04. The molecule has 0 bridgehead atoms. The van der Waals surface area contributed by atoms with Gasteiger partial charge in [0, 0.05) is 31.3 Å². The third-order valence-corrected chi connectivity index (χ3v) is 5.28. The Balaban J connectivity index is 1.37. The molecule has 0 aromatic heterocycles. The molecule has 0 radical (unpaired) electrons. The molecular formula is C20H24N2O4. The van der Waals surface area contributed by atoms with Gasteiger partial charge in [0.1, 0.15) is 13.2 Å². The van der Waals surface area contributed by atoms with Crippen molar-refractivity contribution in [2.75, 3.05) is 31.2 Å². The number of hydrogen-bond acceptors (Lipinski definition) is 4. The summed E-state index contributed by atoms with van der Waals surface area (Å²) < 4.78 is 11.1. The molecule has 138 valence electrons. The molecule has 2 aliphatic heterocycles. The van der Waals surface area contributed by atoms with Gasteiger partial charge in [-0.05, 0) is 37.3 Å². The van der Waals surface area contributed by atoms with Crippen LogP contribution in [0, 0.1) is 11.8 Å². The summed E-state index contributed by atoms with van der Waals surface area (Å²) in [7, 11) is 0. The first kappa shape index (κ1) is 16.9. The fourth-order valence-electron chi connectivity index (χ4n) is 3.76. The van der Waals surface area contributed by atoms with Crippen LogP contribution in [0.15, 0.2) is 30.4 Å². The van der Waals surface area contributed by atoms with E-state index < -0.39 is 0 Å². The first-order chi connectivity index (χ1) is 12.7. The average Bonchev–Trinajstić information content (AvgIpc) is 3.08. The van der Waals surface area contributed by atoms with Crippen LogP contribution in [0.5, 0.6) is 11.5 Å². The highest BCUT2D eigenvalue weighted by atomic mass is 16.6. The van der Waals surface area contributed by atoms with E-state index in [1.165, 1.54) is 0 Å². The number of nitrogens with zero attached hydrogens (tertiary/aromatic N) is 1. The molecule has 3 aliphatic rings. The number of fused-ring (bicyclic) bond motifs is 1. The van der Waals surface area contributed by atoms with E-state index in [2.05, 4.69) is 17.5 Å². The van der Waals surface area contributed by atoms with Gasteiger partial charge in [-0.15, -0.1) is 0 Å². The SMILES string of the molecule is O=C(NCC1CC=CCC1)C1CC(=O)N(c2ccc3c(c2)OCCO3)C1. The minimum absolute atomic E-state index is 0.0204. The number of benzene rings is 1. The molecule has 6 nitrogen and oxygen atoms in total. The fourth-order valence-corrected chi connectivity index (χ4v) is 3.76. The predicted molar refractivity (Wildman–Crippen MR) is 97.4 cm³/mol. The summed E-state index contributed by atoms with van der Waals surface area (Å²) in [6, 6.07) is 5.49. The zero-order chi connectivity index (χ0) is 17.9. The van der Waals surface area contributed by atoms with Crippen LogP contribution in [0.25, 0.3) is 0 Å². The second kappa shape index (κ2) is 7.40. The summed E-state index contributed by atoms with van der Waals surface area (Å²) in [5.74, 6) is 1.52. The third-order valence-electron chi connectivity index (χ3n) is 5.28. The summed E-state index contributed by atoms with van der Waals surface area (Å²) in [6.07, 6.45) is 7.85. The minimum Gasteiger partial charge on any atom is -0.486 e. The molecule has 26 heavy (non-hydrogen) atoms. The molecule has 2 heterocycles. The highest BCUT2D eigenvalue weighted by Gasteiger charge is 2.35. The summed E-state index contributed by atoms with van der Waals surface area (Å²) in [5.41, 5.74) is 0.756. The maximum atomic E-state index is 12.5. The second-order valence-electron chi connectivity index (χ2n) is 7.13. The number of nitrogens with one attached hydrogen (secondary N) is 1. The first-order valence-corrected chi connectivity index (χ1v) is 9.33. The number of carbonyl (C=O) groups excluding carboxylic acids is 2. The zero-order valence-corrected chi connectivity index (χ0v) is 14.8. The lowest BCUT2D eigenvalue weighted by molar-refractivity contribution is -0.126. The lowest BCUT2D eigenvalue weighted by Gasteiger charge is -2.22. The van der Waals surface area contributed by atoms with E-state index in [4.69, 9.17) is 9.47 Å². The molecule has 1 saturated heterocycles. The molecule has 0 spiro atoms. The minimum atomic E-state index is -0.296. The highest BCUT2D eigenvalue weighted by Crippen LogP contribution is 2.36. The van der Waals surface area contributed by atoms with Gasteiger partial charge in [0.25, 0.3) is 0 Å². The van der Waals surface area contributed by atoms with E-state index in [1.807, 2.05) is 18.2 Å². The Hall–Kier alpha value is -2.50. The number of ether oxygens (including phenoxy) is 2. The van der Waals surface area contributed by atoms with E-state index in [9.17, 15) is 9.59 Å². The van der Waals surface area contributed by atoms with Crippen molar-refractivity contribution in [3.05, 3.63) is 30.4 Å². The standard InChI is InChI=1S/C20H24N2O4/c23-19-10-15(20(24)21-12-14-4-2-1-3-5-14)13-22(19)16-6-7-17-18(11-16)26-9-8-25-17/h1-2,6-7,11,14-15H,3-5,8-10,12-13H2,(H,21,24). The van der Waals surface area contributed by atoms with Gasteiger partial charge in [0.15, 0.2) is 11.5 Å². The van der Waals surface area contributed by atoms with Crippen LogP contribution >= 0.6 is 0 Å². The van der Waals surface area contributed by atoms with Gasteiger partial charge in [-0.2, -0.15) is 0 Å². The highest BCUT2D eigenvalue weighted by molar-refractivity contribution is 6.00. The van der Waals surface area contributed by atoms with E-state index >= 15 is 0 Å². The predicted octanol–water partition coefficient (Wildman–Crippen LogP) is 2.28. The van der Waals surface area contributed by atoms with Crippen molar-refractivity contribution in [2.45, 2.75) is 25.7 Å². The second-order valence-corrected chi connectivity index (χ2v) is 7.13. The molecule has 2 unspecified atom stereocenters. The Bertz CT molecular complexity index is 731. The van der Waals surface area contributed by atoms with E-state index in [0.29, 0.717) is 43.7 Å². The van der Waals surface area contributed by atoms with Gasteiger partial charge < -0.3 is 19.7 Å². The average molecular weight is 356 g/mol. The molecule has 1 N–H and O–H groups in total. The number of amides is 2. The number of carbonyl (C=O) groups is 2. The van der Waals surface area contributed by atoms with Crippen molar-refractivity contribution in [3.63, 3.8) is 0 Å².